The molecular weight excluding hydrogens is 474 g/mol. The van der Waals surface area contributed by atoms with E-state index in [0.29, 0.717) is 11.4 Å². The van der Waals surface area contributed by atoms with E-state index < -0.39 is 36.4 Å². The van der Waals surface area contributed by atoms with Crippen molar-refractivity contribution in [3.63, 3.8) is 0 Å². The highest BCUT2D eigenvalue weighted by Crippen LogP contribution is 2.49. The third-order valence-electron chi connectivity index (χ3n) is 5.88. The summed E-state index contributed by atoms with van der Waals surface area (Å²) in [5, 5.41) is 5.55. The summed E-state index contributed by atoms with van der Waals surface area (Å²) in [5.74, 6) is -5.98. The van der Waals surface area contributed by atoms with Crippen molar-refractivity contribution in [2.24, 2.45) is 5.92 Å². The van der Waals surface area contributed by atoms with Crippen molar-refractivity contribution in [2.75, 3.05) is 23.5 Å². The molecule has 180 valence electrons. The number of nitrogens with one attached hydrogen (secondary N) is 3. The van der Waals surface area contributed by atoms with Gasteiger partial charge < -0.3 is 20.4 Å². The zero-order valence-electron chi connectivity index (χ0n) is 18.0. The number of carbonyl (C=O) groups is 1. The van der Waals surface area contributed by atoms with Gasteiger partial charge in [-0.05, 0) is 36.8 Å². The molecule has 0 radical (unpaired) electrons. The highest BCUT2D eigenvalue weighted by Gasteiger charge is 2.61. The average molecular weight is 496 g/mol. The number of benzene rings is 1. The Kier molecular flexibility index (Phi) is 5.88. The number of fused-ring (bicyclic) bond motifs is 1. The maximum atomic E-state index is 13.3. The largest absolute Gasteiger partial charge is 0.374 e. The summed E-state index contributed by atoms with van der Waals surface area (Å²) < 4.78 is 58.9. The normalized spacial score (nSPS) is 21.2. The molecule has 1 saturated heterocycles. The van der Waals surface area contributed by atoms with Gasteiger partial charge in [0.25, 0.3) is 12.3 Å². The SMILES string of the molecule is CSc1cc(C2CCCO2)ccc1Nc1cc(NC(=O)C2CC2(F)F)nc2nc(C(F)F)[nH]c12. The lowest BCUT2D eigenvalue weighted by Crippen LogP contribution is -2.18. The second-order valence-corrected chi connectivity index (χ2v) is 9.12. The number of rotatable bonds is 7. The fraction of sp³-hybridized carbons (Fsp3) is 0.409. The van der Waals surface area contributed by atoms with E-state index in [4.69, 9.17) is 4.74 Å². The Bertz CT molecular complexity index is 1250. The van der Waals surface area contributed by atoms with Crippen LogP contribution in [0, 0.1) is 5.92 Å². The number of ether oxygens (including phenoxy) is 1. The number of hydrogen-bond acceptors (Lipinski definition) is 6. The van der Waals surface area contributed by atoms with E-state index in [1.807, 2.05) is 24.5 Å². The summed E-state index contributed by atoms with van der Waals surface area (Å²) in [7, 11) is 0. The molecule has 3 heterocycles. The number of imidazole rings is 1. The smallest absolute Gasteiger partial charge is 0.295 e. The Balaban J connectivity index is 1.49. The van der Waals surface area contributed by atoms with E-state index in [0.717, 1.165) is 29.9 Å². The Morgan fingerprint density at radius 1 is 1.26 bits per heavy atom. The number of alkyl halides is 4. The van der Waals surface area contributed by atoms with E-state index in [2.05, 4.69) is 25.6 Å². The zero-order valence-corrected chi connectivity index (χ0v) is 18.8. The van der Waals surface area contributed by atoms with Gasteiger partial charge in [0, 0.05) is 24.0 Å². The maximum absolute atomic E-state index is 13.3. The number of pyridine rings is 1. The van der Waals surface area contributed by atoms with Crippen LogP contribution in [0.3, 0.4) is 0 Å². The Morgan fingerprint density at radius 2 is 2.06 bits per heavy atom. The van der Waals surface area contributed by atoms with Crippen LogP contribution in [0.5, 0.6) is 0 Å². The number of aromatic nitrogens is 3. The predicted octanol–water partition coefficient (Wildman–Crippen LogP) is 5.81. The van der Waals surface area contributed by atoms with Crippen LogP contribution in [0.15, 0.2) is 29.2 Å². The van der Waals surface area contributed by atoms with Crippen LogP contribution < -0.4 is 10.6 Å². The van der Waals surface area contributed by atoms with Gasteiger partial charge >= 0.3 is 0 Å². The van der Waals surface area contributed by atoms with Gasteiger partial charge in [-0.15, -0.1) is 11.8 Å². The molecule has 2 aliphatic rings. The van der Waals surface area contributed by atoms with Gasteiger partial charge in [0.1, 0.15) is 17.3 Å². The number of aromatic amines is 1. The highest BCUT2D eigenvalue weighted by molar-refractivity contribution is 7.98. The lowest BCUT2D eigenvalue weighted by molar-refractivity contribution is -0.119. The van der Waals surface area contributed by atoms with Crippen LogP contribution in [-0.2, 0) is 9.53 Å². The van der Waals surface area contributed by atoms with E-state index >= 15 is 0 Å². The number of amides is 1. The van der Waals surface area contributed by atoms with Crippen LogP contribution in [-0.4, -0.2) is 39.6 Å². The zero-order chi connectivity index (χ0) is 24.0. The molecule has 3 aromatic rings. The molecule has 5 rings (SSSR count). The van der Waals surface area contributed by atoms with Crippen molar-refractivity contribution >= 4 is 46.0 Å². The van der Waals surface area contributed by atoms with Gasteiger partial charge in [0.2, 0.25) is 5.91 Å². The van der Waals surface area contributed by atoms with Gasteiger partial charge in [-0.3, -0.25) is 4.79 Å². The molecule has 12 heteroatoms. The first-order valence-corrected chi connectivity index (χ1v) is 11.9. The molecule has 2 unspecified atom stereocenters. The molecule has 1 saturated carbocycles. The van der Waals surface area contributed by atoms with Gasteiger partial charge in [0.15, 0.2) is 11.5 Å². The van der Waals surface area contributed by atoms with E-state index in [1.54, 1.807) is 0 Å². The van der Waals surface area contributed by atoms with Gasteiger partial charge in [-0.2, -0.15) is 0 Å². The monoisotopic (exact) mass is 495 g/mol. The lowest BCUT2D eigenvalue weighted by Gasteiger charge is -2.16. The minimum absolute atomic E-state index is 0.0381. The fourth-order valence-corrected chi connectivity index (χ4v) is 4.57. The molecular formula is C22H21F4N5O2S. The number of H-pyrrole nitrogens is 1. The summed E-state index contributed by atoms with van der Waals surface area (Å²) in [6, 6.07) is 7.22. The third kappa shape index (κ3) is 4.43. The Labute approximate surface area is 196 Å². The predicted molar refractivity (Wildman–Crippen MR) is 120 cm³/mol. The van der Waals surface area contributed by atoms with Crippen molar-refractivity contribution in [3.05, 3.63) is 35.7 Å². The fourth-order valence-electron chi connectivity index (χ4n) is 3.98. The van der Waals surface area contributed by atoms with E-state index in [9.17, 15) is 22.4 Å². The number of hydrogen-bond donors (Lipinski definition) is 3. The first kappa shape index (κ1) is 22.9. The molecule has 0 spiro atoms. The summed E-state index contributed by atoms with van der Waals surface area (Å²) in [4.78, 5) is 23.5. The number of nitrogens with zero attached hydrogens (tertiary/aromatic N) is 2. The van der Waals surface area contributed by atoms with Crippen LogP contribution in [0.25, 0.3) is 11.2 Å². The number of thioether (sulfide) groups is 1. The molecule has 1 aliphatic heterocycles. The summed E-state index contributed by atoms with van der Waals surface area (Å²) in [5.41, 5.74) is 2.20. The summed E-state index contributed by atoms with van der Waals surface area (Å²) in [6.07, 6.45) is 0.502. The van der Waals surface area contributed by atoms with Gasteiger partial charge in [-0.1, -0.05) is 6.07 Å². The van der Waals surface area contributed by atoms with Crippen molar-refractivity contribution in [1.82, 2.24) is 15.0 Å². The first-order chi connectivity index (χ1) is 16.2. The third-order valence-corrected chi connectivity index (χ3v) is 6.65. The van der Waals surface area contributed by atoms with Crippen molar-refractivity contribution in [2.45, 2.75) is 42.6 Å². The molecule has 1 aromatic carbocycles. The van der Waals surface area contributed by atoms with Crippen LogP contribution >= 0.6 is 11.8 Å². The second kappa shape index (κ2) is 8.73. The second-order valence-electron chi connectivity index (χ2n) is 8.27. The van der Waals surface area contributed by atoms with Gasteiger partial charge in [-0.25, -0.2) is 27.5 Å². The Hall–Kier alpha value is -2.86. The first-order valence-electron chi connectivity index (χ1n) is 10.7. The van der Waals surface area contributed by atoms with Crippen molar-refractivity contribution in [3.8, 4) is 0 Å². The lowest BCUT2D eigenvalue weighted by atomic mass is 10.1. The highest BCUT2D eigenvalue weighted by atomic mass is 32.2. The van der Waals surface area contributed by atoms with Crippen LogP contribution in [0.2, 0.25) is 0 Å². The minimum atomic E-state index is -3.04. The minimum Gasteiger partial charge on any atom is -0.374 e. The van der Waals surface area contributed by atoms with E-state index in [1.165, 1.54) is 17.8 Å². The van der Waals surface area contributed by atoms with Crippen LogP contribution in [0.1, 0.15) is 43.2 Å². The maximum Gasteiger partial charge on any atom is 0.295 e. The summed E-state index contributed by atoms with van der Waals surface area (Å²) in [6.45, 7) is 0.724. The molecule has 7 nitrogen and oxygen atoms in total. The average Bonchev–Trinajstić information content (AvgIpc) is 3.21. The number of halogens is 4. The van der Waals surface area contributed by atoms with Crippen molar-refractivity contribution in [1.29, 1.82) is 0 Å². The summed E-state index contributed by atoms with van der Waals surface area (Å²) >= 11 is 1.50. The molecule has 1 aliphatic carbocycles. The van der Waals surface area contributed by atoms with E-state index in [-0.39, 0.29) is 23.1 Å². The number of anilines is 3. The quantitative estimate of drug-likeness (QED) is 0.283. The molecule has 0 bridgehead atoms. The van der Waals surface area contributed by atoms with Gasteiger partial charge in [0.05, 0.1) is 17.5 Å². The Morgan fingerprint density at radius 3 is 2.71 bits per heavy atom. The topological polar surface area (TPSA) is 91.9 Å². The molecule has 2 fully saturated rings. The molecule has 1 amide bonds. The molecule has 3 N–H and O–H groups in total. The molecule has 2 atom stereocenters. The van der Waals surface area contributed by atoms with Crippen LogP contribution in [0.4, 0.5) is 34.8 Å². The molecule has 34 heavy (non-hydrogen) atoms. The number of carbonyl (C=O) groups excluding carboxylic acids is 1. The molecule has 2 aromatic heterocycles. The standard InChI is InChI=1S/C22H21F4N5O2S/c1-34-15-7-10(14-3-2-6-33-14)4-5-12(15)27-13-8-16(29-21(32)11-9-22(11,25)26)28-19-17(13)30-20(31-19)18(23)24/h4-5,7-8,11,14,18H,2-3,6,9H2,1H3,(H3,27,28,29,30,31,32). The van der Waals surface area contributed by atoms with Crippen molar-refractivity contribution < 1.29 is 27.1 Å².